The van der Waals surface area contributed by atoms with E-state index in [9.17, 15) is 9.90 Å². The Morgan fingerprint density at radius 3 is 2.48 bits per heavy atom. The molecule has 0 aliphatic rings. The van der Waals surface area contributed by atoms with Crippen molar-refractivity contribution in [1.82, 2.24) is 9.97 Å². The van der Waals surface area contributed by atoms with E-state index in [0.29, 0.717) is 36.0 Å². The maximum Gasteiger partial charge on any atom is 0.307 e. The first kappa shape index (κ1) is 22.3. The molecule has 0 atom stereocenters. The van der Waals surface area contributed by atoms with Gasteiger partial charge in [-0.2, -0.15) is 0 Å². The highest BCUT2D eigenvalue weighted by atomic mass is 32.1. The van der Waals surface area contributed by atoms with Crippen molar-refractivity contribution in [3.05, 3.63) is 98.7 Å². The van der Waals surface area contributed by atoms with Gasteiger partial charge in [0, 0.05) is 18.2 Å². The van der Waals surface area contributed by atoms with Crippen LogP contribution >= 0.6 is 11.3 Å². The number of aromatic hydroxyl groups is 1. The smallest absolute Gasteiger partial charge is 0.307 e. The van der Waals surface area contributed by atoms with E-state index < -0.39 is 0 Å². The second-order valence-electron chi connectivity index (χ2n) is 7.26. The molecule has 2 N–H and O–H groups in total. The number of rotatable bonds is 9. The summed E-state index contributed by atoms with van der Waals surface area (Å²) in [7, 11) is 0. The van der Waals surface area contributed by atoms with E-state index in [2.05, 4.69) is 15.1 Å². The third kappa shape index (κ3) is 6.08. The van der Waals surface area contributed by atoms with E-state index in [0.717, 1.165) is 33.7 Å². The maximum atomic E-state index is 11.3. The van der Waals surface area contributed by atoms with Gasteiger partial charge >= 0.3 is 4.87 Å². The minimum atomic E-state index is -0.264. The van der Waals surface area contributed by atoms with Crippen LogP contribution in [0.25, 0.3) is 11.1 Å². The maximum absolute atomic E-state index is 11.3. The van der Waals surface area contributed by atoms with Crippen LogP contribution in [0.5, 0.6) is 11.6 Å². The van der Waals surface area contributed by atoms with Gasteiger partial charge < -0.3 is 14.7 Å². The SMILES string of the molecule is C/C(=N\OCCOc1ccc(Cc2sc(=O)[nH]c2O)cc1)c1ccc(-c2ccccc2)cn1. The molecule has 2 aromatic carbocycles. The van der Waals surface area contributed by atoms with Crippen molar-refractivity contribution in [3.63, 3.8) is 0 Å². The van der Waals surface area contributed by atoms with Crippen LogP contribution in [0.2, 0.25) is 0 Å². The number of pyridine rings is 1. The number of benzene rings is 2. The summed E-state index contributed by atoms with van der Waals surface area (Å²) >= 11 is 1.01. The highest BCUT2D eigenvalue weighted by Crippen LogP contribution is 2.22. The fourth-order valence-electron chi connectivity index (χ4n) is 3.16. The molecule has 0 amide bonds. The van der Waals surface area contributed by atoms with Crippen LogP contribution in [0.15, 0.2) is 82.9 Å². The lowest BCUT2D eigenvalue weighted by atomic mass is 10.1. The Hall–Kier alpha value is -3.91. The van der Waals surface area contributed by atoms with Gasteiger partial charge in [0.1, 0.15) is 18.1 Å². The number of hydrogen-bond acceptors (Lipinski definition) is 7. The summed E-state index contributed by atoms with van der Waals surface area (Å²) in [6.45, 7) is 2.49. The van der Waals surface area contributed by atoms with Crippen molar-refractivity contribution >= 4 is 17.0 Å². The Bertz CT molecular complexity index is 1260. The number of oxime groups is 1. The van der Waals surface area contributed by atoms with Gasteiger partial charge in [-0.05, 0) is 36.2 Å². The normalized spacial score (nSPS) is 11.4. The van der Waals surface area contributed by atoms with Gasteiger partial charge in [-0.3, -0.25) is 14.8 Å². The van der Waals surface area contributed by atoms with Gasteiger partial charge in [-0.15, -0.1) is 0 Å². The number of aromatic nitrogens is 2. The quantitative estimate of drug-likeness (QED) is 0.215. The van der Waals surface area contributed by atoms with E-state index in [1.54, 1.807) is 0 Å². The molecule has 8 heteroatoms. The Morgan fingerprint density at radius 1 is 1.03 bits per heavy atom. The minimum absolute atomic E-state index is 0.0688. The molecule has 2 heterocycles. The van der Waals surface area contributed by atoms with Crippen LogP contribution in [0.3, 0.4) is 0 Å². The molecule has 0 fully saturated rings. The van der Waals surface area contributed by atoms with E-state index >= 15 is 0 Å². The molecule has 0 saturated carbocycles. The summed E-state index contributed by atoms with van der Waals surface area (Å²) in [5.74, 6) is 0.633. The predicted molar refractivity (Wildman–Crippen MR) is 129 cm³/mol. The van der Waals surface area contributed by atoms with Gasteiger partial charge in [0.2, 0.25) is 5.88 Å². The fraction of sp³-hybridized carbons (Fsp3) is 0.160. The molecule has 0 spiro atoms. The second-order valence-corrected chi connectivity index (χ2v) is 8.33. The molecule has 7 nitrogen and oxygen atoms in total. The summed E-state index contributed by atoms with van der Waals surface area (Å²) < 4.78 is 5.68. The summed E-state index contributed by atoms with van der Waals surface area (Å²) in [6, 6.07) is 21.5. The predicted octanol–water partition coefficient (Wildman–Crippen LogP) is 4.61. The highest BCUT2D eigenvalue weighted by molar-refractivity contribution is 7.09. The Balaban J connectivity index is 1.22. The van der Waals surface area contributed by atoms with E-state index in [1.807, 2.05) is 79.9 Å². The summed E-state index contributed by atoms with van der Waals surface area (Å²) in [5, 5.41) is 13.8. The number of nitrogens with one attached hydrogen (secondary N) is 1. The van der Waals surface area contributed by atoms with E-state index in [1.165, 1.54) is 0 Å². The molecule has 0 saturated heterocycles. The molecule has 0 aliphatic carbocycles. The van der Waals surface area contributed by atoms with Crippen molar-refractivity contribution in [1.29, 1.82) is 0 Å². The first-order valence-electron chi connectivity index (χ1n) is 10.4. The van der Waals surface area contributed by atoms with Gasteiger partial charge in [0.25, 0.3) is 0 Å². The lowest BCUT2D eigenvalue weighted by molar-refractivity contribution is 0.107. The minimum Gasteiger partial charge on any atom is -0.494 e. The third-order valence-corrected chi connectivity index (χ3v) is 5.75. The number of aromatic amines is 1. The van der Waals surface area contributed by atoms with Crippen molar-refractivity contribution < 1.29 is 14.7 Å². The molecule has 4 aromatic rings. The van der Waals surface area contributed by atoms with Crippen molar-refractivity contribution in [2.75, 3.05) is 13.2 Å². The number of hydrogen-bond donors (Lipinski definition) is 2. The molecule has 0 bridgehead atoms. The molecule has 168 valence electrons. The van der Waals surface area contributed by atoms with Crippen LogP contribution in [0.4, 0.5) is 0 Å². The summed E-state index contributed by atoms with van der Waals surface area (Å²) in [5.41, 5.74) is 4.58. The number of H-pyrrole nitrogens is 1. The van der Waals surface area contributed by atoms with Gasteiger partial charge in [-0.1, -0.05) is 65.0 Å². The standard InChI is InChI=1S/C25H23N3O4S/c1-17(22-12-9-20(16-26-22)19-5-3-2-4-6-19)28-32-14-13-31-21-10-7-18(8-11-21)15-23-24(29)27-25(30)33-23/h2-12,16,29H,13-15H2,1H3,(H,27,30)/b28-17+. The van der Waals surface area contributed by atoms with Crippen LogP contribution in [0, 0.1) is 0 Å². The van der Waals surface area contributed by atoms with Crippen molar-refractivity contribution in [2.45, 2.75) is 13.3 Å². The van der Waals surface area contributed by atoms with E-state index in [-0.39, 0.29) is 10.8 Å². The Morgan fingerprint density at radius 2 is 1.82 bits per heavy atom. The van der Waals surface area contributed by atoms with Crippen LogP contribution in [0.1, 0.15) is 23.1 Å². The average molecular weight is 462 g/mol. The second kappa shape index (κ2) is 10.6. The third-order valence-electron chi connectivity index (χ3n) is 4.87. The topological polar surface area (TPSA) is 96.8 Å². The van der Waals surface area contributed by atoms with Crippen molar-refractivity contribution in [2.24, 2.45) is 5.16 Å². The van der Waals surface area contributed by atoms with Crippen LogP contribution < -0.4 is 9.61 Å². The molecule has 2 aromatic heterocycles. The average Bonchev–Trinajstić information content (AvgIpc) is 3.16. The molecule has 0 radical (unpaired) electrons. The molecule has 4 rings (SSSR count). The molecule has 0 unspecified atom stereocenters. The Kier molecular flexibility index (Phi) is 7.16. The molecular formula is C25H23N3O4S. The summed E-state index contributed by atoms with van der Waals surface area (Å²) in [4.78, 5) is 23.8. The van der Waals surface area contributed by atoms with Crippen molar-refractivity contribution in [3.8, 4) is 22.8 Å². The zero-order valence-electron chi connectivity index (χ0n) is 18.0. The monoisotopic (exact) mass is 461 g/mol. The first-order valence-corrected chi connectivity index (χ1v) is 11.2. The van der Waals surface area contributed by atoms with Gasteiger partial charge in [-0.25, -0.2) is 0 Å². The molecule has 0 aliphatic heterocycles. The van der Waals surface area contributed by atoms with Crippen LogP contribution in [-0.2, 0) is 11.3 Å². The highest BCUT2D eigenvalue weighted by Gasteiger charge is 2.08. The van der Waals surface area contributed by atoms with E-state index in [4.69, 9.17) is 9.57 Å². The molecule has 33 heavy (non-hydrogen) atoms. The zero-order valence-corrected chi connectivity index (χ0v) is 18.8. The zero-order chi connectivity index (χ0) is 23.0. The molecular weight excluding hydrogens is 438 g/mol. The number of ether oxygens (including phenoxy) is 1. The lowest BCUT2D eigenvalue weighted by Gasteiger charge is -2.07. The lowest BCUT2D eigenvalue weighted by Crippen LogP contribution is -2.06. The summed E-state index contributed by atoms with van der Waals surface area (Å²) in [6.07, 6.45) is 2.31. The largest absolute Gasteiger partial charge is 0.494 e. The number of nitrogens with zero attached hydrogens (tertiary/aromatic N) is 2. The number of thiazole rings is 1. The Labute approximate surface area is 195 Å². The first-order chi connectivity index (χ1) is 16.1. The van der Waals surface area contributed by atoms with Gasteiger partial charge in [0.05, 0.1) is 10.6 Å². The van der Waals surface area contributed by atoms with Crippen LogP contribution in [-0.4, -0.2) is 34.0 Å². The fourth-order valence-corrected chi connectivity index (χ4v) is 3.91. The van der Waals surface area contributed by atoms with Gasteiger partial charge in [0.15, 0.2) is 6.61 Å².